The Hall–Kier alpha value is -1.21. The Kier molecular flexibility index (Phi) is 3.89. The molecule has 0 saturated carbocycles. The number of pyridine rings is 1. The molecular weight excluding hydrogens is 367 g/mol. The number of carbonyl (C=O) groups excluding carboxylic acids is 1. The van der Waals surface area contributed by atoms with Crippen LogP contribution in [0.4, 0.5) is 0 Å². The first-order valence-electron chi connectivity index (χ1n) is 6.54. The maximum Gasteiger partial charge on any atom is 0.209 e. The summed E-state index contributed by atoms with van der Waals surface area (Å²) in [5, 5.41) is 2.13. The van der Waals surface area contributed by atoms with E-state index in [1.807, 2.05) is 60.1 Å². The summed E-state index contributed by atoms with van der Waals surface area (Å²) in [5.74, 6) is 0.866. The van der Waals surface area contributed by atoms with Crippen LogP contribution in [0.15, 0.2) is 36.7 Å². The molecule has 1 saturated heterocycles. The van der Waals surface area contributed by atoms with Gasteiger partial charge in [-0.15, -0.1) is 0 Å². The van der Waals surface area contributed by atoms with Crippen molar-refractivity contribution in [2.45, 2.75) is 18.6 Å². The van der Waals surface area contributed by atoms with Gasteiger partial charge in [-0.25, -0.2) is 0 Å². The first-order valence-corrected chi connectivity index (χ1v) is 7.62. The Morgan fingerprint density at radius 2 is 2.30 bits per heavy atom. The molecule has 0 N–H and O–H groups in total. The van der Waals surface area contributed by atoms with Gasteiger partial charge in [0.05, 0.1) is 6.04 Å². The molecule has 0 radical (unpaired) electrons. The minimum atomic E-state index is -0.0303. The molecule has 2 aromatic rings. The molecule has 0 amide bonds. The summed E-state index contributed by atoms with van der Waals surface area (Å²) in [7, 11) is 1.97. The van der Waals surface area contributed by atoms with Crippen molar-refractivity contribution in [3.8, 4) is 5.75 Å². The average molecular weight is 382 g/mol. The number of fused-ring (bicyclic) bond motifs is 1. The highest BCUT2D eigenvalue weighted by Gasteiger charge is 2.34. The number of aromatic nitrogens is 1. The number of carbonyl (C=O) groups is 1. The monoisotopic (exact) mass is 382 g/mol. The van der Waals surface area contributed by atoms with Crippen molar-refractivity contribution < 1.29 is 9.53 Å². The van der Waals surface area contributed by atoms with E-state index in [1.165, 1.54) is 0 Å². The molecule has 0 aliphatic carbocycles. The molecule has 2 atom stereocenters. The molecule has 0 bridgehead atoms. The smallest absolute Gasteiger partial charge is 0.209 e. The molecule has 3 rings (SSSR count). The predicted molar refractivity (Wildman–Crippen MR) is 86.2 cm³/mol. The molecule has 1 aliphatic heterocycles. The number of likely N-dealkylation sites (tertiary alicyclic amines) is 1. The zero-order chi connectivity index (χ0) is 14.1. The fraction of sp³-hybridized carbons (Fsp3) is 0.333. The van der Waals surface area contributed by atoms with Gasteiger partial charge in [0.15, 0.2) is 0 Å². The second kappa shape index (κ2) is 5.65. The van der Waals surface area contributed by atoms with Gasteiger partial charge in [0.25, 0.3) is 0 Å². The van der Waals surface area contributed by atoms with Gasteiger partial charge in [0, 0.05) is 58.7 Å². The summed E-state index contributed by atoms with van der Waals surface area (Å²) in [6, 6.07) is 7.90. The van der Waals surface area contributed by atoms with Crippen LogP contribution >= 0.6 is 22.6 Å². The zero-order valence-electron chi connectivity index (χ0n) is 11.1. The van der Waals surface area contributed by atoms with Crippen LogP contribution in [0, 0.1) is 0 Å². The van der Waals surface area contributed by atoms with E-state index in [2.05, 4.69) is 9.88 Å². The molecule has 20 heavy (non-hydrogen) atoms. The van der Waals surface area contributed by atoms with Crippen LogP contribution in [-0.2, 0) is 4.79 Å². The van der Waals surface area contributed by atoms with Crippen molar-refractivity contribution in [1.82, 2.24) is 9.88 Å². The molecule has 4 nitrogen and oxygen atoms in total. The minimum absolute atomic E-state index is 0.0303. The number of halogens is 1. The molecule has 1 fully saturated rings. The van der Waals surface area contributed by atoms with Crippen molar-refractivity contribution >= 4 is 37.2 Å². The van der Waals surface area contributed by atoms with Crippen molar-refractivity contribution in [3.05, 3.63) is 36.7 Å². The number of hydrogen-bond acceptors (Lipinski definition) is 4. The standard InChI is InChI=1S/C15H15IN2O2/c1-18-9-11(7-13(18)15(16)19)20-14-4-2-3-10-8-17-6-5-12(10)14/h2-6,8,11,13H,7,9H2,1H3. The van der Waals surface area contributed by atoms with E-state index in [0.29, 0.717) is 0 Å². The molecule has 104 valence electrons. The minimum Gasteiger partial charge on any atom is -0.488 e. The fourth-order valence-corrected chi connectivity index (χ4v) is 3.41. The normalized spacial score (nSPS) is 23.1. The van der Waals surface area contributed by atoms with Gasteiger partial charge in [0.1, 0.15) is 11.9 Å². The Labute approximate surface area is 131 Å². The quantitative estimate of drug-likeness (QED) is 0.605. The molecule has 1 aromatic heterocycles. The van der Waals surface area contributed by atoms with Crippen LogP contribution in [0.1, 0.15) is 6.42 Å². The number of rotatable bonds is 3. The van der Waals surface area contributed by atoms with Gasteiger partial charge in [0.2, 0.25) is 3.79 Å². The van der Waals surface area contributed by atoms with Crippen LogP contribution in [-0.4, -0.2) is 39.4 Å². The van der Waals surface area contributed by atoms with E-state index in [4.69, 9.17) is 4.74 Å². The van der Waals surface area contributed by atoms with Gasteiger partial charge in [-0.3, -0.25) is 14.7 Å². The molecule has 2 heterocycles. The summed E-state index contributed by atoms with van der Waals surface area (Å²) in [6.07, 6.45) is 4.41. The van der Waals surface area contributed by atoms with Crippen molar-refractivity contribution in [2.24, 2.45) is 0 Å². The highest BCUT2D eigenvalue weighted by atomic mass is 127. The van der Waals surface area contributed by atoms with Crippen LogP contribution in [0.2, 0.25) is 0 Å². The maximum atomic E-state index is 11.5. The lowest BCUT2D eigenvalue weighted by Gasteiger charge is -2.15. The second-order valence-corrected chi connectivity index (χ2v) is 6.15. The van der Waals surface area contributed by atoms with Gasteiger partial charge in [-0.1, -0.05) is 12.1 Å². The largest absolute Gasteiger partial charge is 0.488 e. The Morgan fingerprint density at radius 1 is 1.45 bits per heavy atom. The fourth-order valence-electron chi connectivity index (χ4n) is 2.68. The van der Waals surface area contributed by atoms with Crippen LogP contribution in [0.5, 0.6) is 5.75 Å². The summed E-state index contributed by atoms with van der Waals surface area (Å²) in [5.41, 5.74) is 0. The van der Waals surface area contributed by atoms with Crippen molar-refractivity contribution in [1.29, 1.82) is 0 Å². The Balaban J connectivity index is 1.82. The highest BCUT2D eigenvalue weighted by molar-refractivity contribution is 14.1. The van der Waals surface area contributed by atoms with E-state index in [0.717, 1.165) is 29.5 Å². The molecule has 0 spiro atoms. The van der Waals surface area contributed by atoms with E-state index in [-0.39, 0.29) is 15.9 Å². The maximum absolute atomic E-state index is 11.5. The van der Waals surface area contributed by atoms with Crippen molar-refractivity contribution in [2.75, 3.05) is 13.6 Å². The average Bonchev–Trinajstić information content (AvgIpc) is 2.80. The summed E-state index contributed by atoms with van der Waals surface area (Å²) >= 11 is 1.87. The number of nitrogens with zero attached hydrogens (tertiary/aromatic N) is 2. The Morgan fingerprint density at radius 3 is 3.05 bits per heavy atom. The summed E-state index contributed by atoms with van der Waals surface area (Å²) in [6.45, 7) is 0.779. The number of benzene rings is 1. The lowest BCUT2D eigenvalue weighted by molar-refractivity contribution is -0.112. The lowest BCUT2D eigenvalue weighted by Crippen LogP contribution is -2.29. The van der Waals surface area contributed by atoms with Crippen LogP contribution in [0.3, 0.4) is 0 Å². The third kappa shape index (κ3) is 2.64. The van der Waals surface area contributed by atoms with Gasteiger partial charge in [-0.2, -0.15) is 0 Å². The molecule has 5 heteroatoms. The number of likely N-dealkylation sites (N-methyl/N-ethyl adjacent to an activating group) is 1. The molecule has 1 aromatic carbocycles. The van der Waals surface area contributed by atoms with E-state index in [1.54, 1.807) is 6.20 Å². The van der Waals surface area contributed by atoms with E-state index in [9.17, 15) is 4.79 Å². The van der Waals surface area contributed by atoms with E-state index >= 15 is 0 Å². The third-order valence-corrected chi connectivity index (χ3v) is 4.43. The van der Waals surface area contributed by atoms with Crippen LogP contribution in [0.25, 0.3) is 10.8 Å². The topological polar surface area (TPSA) is 42.4 Å². The number of ether oxygens (including phenoxy) is 1. The molecule has 2 unspecified atom stereocenters. The second-order valence-electron chi connectivity index (χ2n) is 5.09. The zero-order valence-corrected chi connectivity index (χ0v) is 13.3. The predicted octanol–water partition coefficient (Wildman–Crippen LogP) is 2.65. The molecule has 1 aliphatic rings. The molecular formula is C15H15IN2O2. The lowest BCUT2D eigenvalue weighted by atomic mass is 10.1. The first kappa shape index (κ1) is 13.8. The third-order valence-electron chi connectivity index (χ3n) is 3.71. The summed E-state index contributed by atoms with van der Waals surface area (Å²) < 4.78 is 6.29. The SMILES string of the molecule is CN1CC(Oc2cccc3cnccc23)CC1C(=O)I. The first-order chi connectivity index (χ1) is 9.65. The Bertz CT molecular complexity index is 641. The summed E-state index contributed by atoms with van der Waals surface area (Å²) in [4.78, 5) is 17.7. The van der Waals surface area contributed by atoms with E-state index < -0.39 is 0 Å². The van der Waals surface area contributed by atoms with Crippen LogP contribution < -0.4 is 4.74 Å². The van der Waals surface area contributed by atoms with Gasteiger partial charge < -0.3 is 4.74 Å². The van der Waals surface area contributed by atoms with Gasteiger partial charge >= 0.3 is 0 Å². The number of hydrogen-bond donors (Lipinski definition) is 0. The van der Waals surface area contributed by atoms with Gasteiger partial charge in [-0.05, 0) is 19.2 Å². The highest BCUT2D eigenvalue weighted by Crippen LogP contribution is 2.29. The van der Waals surface area contributed by atoms with Crippen molar-refractivity contribution in [3.63, 3.8) is 0 Å².